The predicted molar refractivity (Wildman–Crippen MR) is 68.0 cm³/mol. The fraction of sp³-hybridized carbons (Fsp3) is 0.385. The standard InChI is InChI=1S/C13H17N3O2/c1-9(17)16-6-5-15-8-12(16)10-3-2-4-11(7-10)13(14)18/h2-4,7,12,15H,5-6,8H2,1H3,(H2,14,18)/t12-/m0/s1. The zero-order valence-electron chi connectivity index (χ0n) is 10.3. The Bertz CT molecular complexity index is 473. The van der Waals surface area contributed by atoms with Gasteiger partial charge in [0.15, 0.2) is 0 Å². The van der Waals surface area contributed by atoms with Crippen LogP contribution < -0.4 is 11.1 Å². The van der Waals surface area contributed by atoms with Gasteiger partial charge in [0.2, 0.25) is 11.8 Å². The number of piperazine rings is 1. The number of nitrogens with zero attached hydrogens (tertiary/aromatic N) is 1. The summed E-state index contributed by atoms with van der Waals surface area (Å²) >= 11 is 0. The fourth-order valence-electron chi connectivity index (χ4n) is 2.28. The Labute approximate surface area is 106 Å². The molecule has 1 saturated heterocycles. The summed E-state index contributed by atoms with van der Waals surface area (Å²) in [7, 11) is 0. The summed E-state index contributed by atoms with van der Waals surface area (Å²) in [6, 6.07) is 7.12. The summed E-state index contributed by atoms with van der Waals surface area (Å²) in [5, 5.41) is 3.26. The number of nitrogens with one attached hydrogen (secondary N) is 1. The first kappa shape index (κ1) is 12.6. The molecule has 96 valence electrons. The van der Waals surface area contributed by atoms with Gasteiger partial charge in [0.05, 0.1) is 6.04 Å². The molecule has 1 atom stereocenters. The van der Waals surface area contributed by atoms with E-state index in [9.17, 15) is 9.59 Å². The number of carbonyl (C=O) groups excluding carboxylic acids is 2. The van der Waals surface area contributed by atoms with Crippen LogP contribution in [0.5, 0.6) is 0 Å². The van der Waals surface area contributed by atoms with Crippen molar-refractivity contribution in [2.75, 3.05) is 19.6 Å². The first-order chi connectivity index (χ1) is 8.59. The number of hydrogen-bond acceptors (Lipinski definition) is 3. The first-order valence-corrected chi connectivity index (χ1v) is 5.97. The maximum atomic E-state index is 11.6. The molecule has 0 aliphatic carbocycles. The molecule has 1 aliphatic heterocycles. The van der Waals surface area contributed by atoms with Crippen LogP contribution in [0.4, 0.5) is 0 Å². The second-order valence-corrected chi connectivity index (χ2v) is 4.42. The molecule has 1 aromatic carbocycles. The molecule has 1 heterocycles. The number of hydrogen-bond donors (Lipinski definition) is 2. The molecule has 1 aromatic rings. The summed E-state index contributed by atoms with van der Waals surface area (Å²) in [5.41, 5.74) is 6.68. The number of carbonyl (C=O) groups is 2. The SMILES string of the molecule is CC(=O)N1CCNC[C@H]1c1cccc(C(N)=O)c1. The maximum Gasteiger partial charge on any atom is 0.248 e. The van der Waals surface area contributed by atoms with Crippen LogP contribution in [0.2, 0.25) is 0 Å². The smallest absolute Gasteiger partial charge is 0.248 e. The van der Waals surface area contributed by atoms with E-state index in [1.807, 2.05) is 11.0 Å². The van der Waals surface area contributed by atoms with Gasteiger partial charge in [-0.15, -0.1) is 0 Å². The number of benzene rings is 1. The molecule has 1 aliphatic rings. The largest absolute Gasteiger partial charge is 0.366 e. The van der Waals surface area contributed by atoms with E-state index in [-0.39, 0.29) is 11.9 Å². The van der Waals surface area contributed by atoms with Crippen molar-refractivity contribution in [2.24, 2.45) is 5.73 Å². The van der Waals surface area contributed by atoms with Crippen LogP contribution in [0.25, 0.3) is 0 Å². The van der Waals surface area contributed by atoms with E-state index in [4.69, 9.17) is 5.73 Å². The average molecular weight is 247 g/mol. The third-order valence-electron chi connectivity index (χ3n) is 3.20. The quantitative estimate of drug-likeness (QED) is 0.788. The molecule has 5 heteroatoms. The van der Waals surface area contributed by atoms with Crippen LogP contribution in [-0.2, 0) is 4.79 Å². The fourth-order valence-corrected chi connectivity index (χ4v) is 2.28. The van der Waals surface area contributed by atoms with Crippen molar-refractivity contribution >= 4 is 11.8 Å². The number of nitrogens with two attached hydrogens (primary N) is 1. The molecule has 0 aromatic heterocycles. The van der Waals surface area contributed by atoms with E-state index in [1.54, 1.807) is 25.1 Å². The highest BCUT2D eigenvalue weighted by Crippen LogP contribution is 2.23. The highest BCUT2D eigenvalue weighted by atomic mass is 16.2. The van der Waals surface area contributed by atoms with Crippen molar-refractivity contribution in [1.82, 2.24) is 10.2 Å². The predicted octanol–water partition coefficient (Wildman–Crippen LogP) is 0.278. The minimum Gasteiger partial charge on any atom is -0.366 e. The number of primary amides is 1. The molecule has 1 fully saturated rings. The Morgan fingerprint density at radius 1 is 1.44 bits per heavy atom. The summed E-state index contributed by atoms with van der Waals surface area (Å²) in [5.74, 6) is -0.402. The highest BCUT2D eigenvalue weighted by Gasteiger charge is 2.25. The zero-order chi connectivity index (χ0) is 13.1. The topological polar surface area (TPSA) is 75.4 Å². The highest BCUT2D eigenvalue weighted by molar-refractivity contribution is 5.92. The Hall–Kier alpha value is -1.88. The summed E-state index contributed by atoms with van der Waals surface area (Å²) in [6.45, 7) is 3.74. The van der Waals surface area contributed by atoms with Crippen LogP contribution in [0.1, 0.15) is 28.9 Å². The van der Waals surface area contributed by atoms with Crippen LogP contribution in [0.3, 0.4) is 0 Å². The van der Waals surface area contributed by atoms with Gasteiger partial charge in [0.25, 0.3) is 0 Å². The molecular formula is C13H17N3O2. The molecular weight excluding hydrogens is 230 g/mol. The van der Waals surface area contributed by atoms with Gasteiger partial charge < -0.3 is 16.0 Å². The normalized spacial score (nSPS) is 19.6. The molecule has 0 unspecified atom stereocenters. The minimum absolute atomic E-state index is 0.0319. The van der Waals surface area contributed by atoms with Crippen molar-refractivity contribution < 1.29 is 9.59 Å². The Morgan fingerprint density at radius 2 is 2.22 bits per heavy atom. The molecule has 0 spiro atoms. The van der Waals surface area contributed by atoms with Gasteiger partial charge in [0.1, 0.15) is 0 Å². The van der Waals surface area contributed by atoms with Gasteiger partial charge in [0, 0.05) is 32.1 Å². The minimum atomic E-state index is -0.449. The molecule has 0 saturated carbocycles. The van der Waals surface area contributed by atoms with E-state index >= 15 is 0 Å². The van der Waals surface area contributed by atoms with Gasteiger partial charge in [-0.2, -0.15) is 0 Å². The Kier molecular flexibility index (Phi) is 3.62. The van der Waals surface area contributed by atoms with Crippen LogP contribution in [0, 0.1) is 0 Å². The van der Waals surface area contributed by atoms with Crippen molar-refractivity contribution in [3.8, 4) is 0 Å². The Morgan fingerprint density at radius 3 is 2.89 bits per heavy atom. The Balaban J connectivity index is 2.30. The average Bonchev–Trinajstić information content (AvgIpc) is 2.39. The zero-order valence-corrected chi connectivity index (χ0v) is 10.3. The molecule has 5 nitrogen and oxygen atoms in total. The van der Waals surface area contributed by atoms with Crippen molar-refractivity contribution in [1.29, 1.82) is 0 Å². The summed E-state index contributed by atoms with van der Waals surface area (Å²) in [4.78, 5) is 24.6. The molecule has 18 heavy (non-hydrogen) atoms. The van der Waals surface area contributed by atoms with Crippen LogP contribution >= 0.6 is 0 Å². The molecule has 0 bridgehead atoms. The molecule has 2 rings (SSSR count). The third kappa shape index (κ3) is 2.51. The second-order valence-electron chi connectivity index (χ2n) is 4.42. The molecule has 3 N–H and O–H groups in total. The third-order valence-corrected chi connectivity index (χ3v) is 3.20. The van der Waals surface area contributed by atoms with Crippen molar-refractivity contribution in [3.63, 3.8) is 0 Å². The monoisotopic (exact) mass is 247 g/mol. The van der Waals surface area contributed by atoms with Crippen LogP contribution in [0.15, 0.2) is 24.3 Å². The summed E-state index contributed by atoms with van der Waals surface area (Å²) < 4.78 is 0. The molecule has 2 amide bonds. The van der Waals surface area contributed by atoms with Gasteiger partial charge in [-0.3, -0.25) is 9.59 Å². The van der Waals surface area contributed by atoms with Gasteiger partial charge in [-0.25, -0.2) is 0 Å². The van der Waals surface area contributed by atoms with E-state index in [1.165, 1.54) is 0 Å². The maximum absolute atomic E-state index is 11.6. The molecule has 0 radical (unpaired) electrons. The van der Waals surface area contributed by atoms with E-state index < -0.39 is 5.91 Å². The number of rotatable bonds is 2. The van der Waals surface area contributed by atoms with E-state index in [0.717, 1.165) is 12.1 Å². The number of amides is 2. The van der Waals surface area contributed by atoms with Crippen LogP contribution in [-0.4, -0.2) is 36.3 Å². The van der Waals surface area contributed by atoms with Crippen molar-refractivity contribution in [3.05, 3.63) is 35.4 Å². The van der Waals surface area contributed by atoms with Gasteiger partial charge in [-0.05, 0) is 17.7 Å². The lowest BCUT2D eigenvalue weighted by Crippen LogP contribution is -2.47. The lowest BCUT2D eigenvalue weighted by atomic mass is 10.0. The second kappa shape index (κ2) is 5.18. The van der Waals surface area contributed by atoms with Crippen molar-refractivity contribution in [2.45, 2.75) is 13.0 Å². The first-order valence-electron chi connectivity index (χ1n) is 5.97. The van der Waals surface area contributed by atoms with Gasteiger partial charge >= 0.3 is 0 Å². The van der Waals surface area contributed by atoms with E-state index in [0.29, 0.717) is 18.7 Å². The summed E-state index contributed by atoms with van der Waals surface area (Å²) in [6.07, 6.45) is 0. The van der Waals surface area contributed by atoms with E-state index in [2.05, 4.69) is 5.32 Å². The van der Waals surface area contributed by atoms with Gasteiger partial charge in [-0.1, -0.05) is 12.1 Å². The lowest BCUT2D eigenvalue weighted by molar-refractivity contribution is -0.132. The lowest BCUT2D eigenvalue weighted by Gasteiger charge is -2.36.